The summed E-state index contributed by atoms with van der Waals surface area (Å²) in [6.45, 7) is 6.69. The van der Waals surface area contributed by atoms with E-state index in [4.69, 9.17) is 6.57 Å². The summed E-state index contributed by atoms with van der Waals surface area (Å²) in [7, 11) is 0. The van der Waals surface area contributed by atoms with Gasteiger partial charge in [-0.1, -0.05) is 18.2 Å². The summed E-state index contributed by atoms with van der Waals surface area (Å²) in [4.78, 5) is 16.6. The molecule has 0 fully saturated rings. The minimum Gasteiger partial charge on any atom is -0.406 e. The van der Waals surface area contributed by atoms with Gasteiger partial charge in [-0.3, -0.25) is 4.79 Å². The van der Waals surface area contributed by atoms with E-state index in [2.05, 4.69) is 9.58 Å². The van der Waals surface area contributed by atoms with Gasteiger partial charge in [0.2, 0.25) is 0 Å². The second-order valence-electron chi connectivity index (χ2n) is 5.99. The molecule has 146 valence electrons. The van der Waals surface area contributed by atoms with E-state index < -0.39 is 35.3 Å². The first-order chi connectivity index (χ1) is 13.0. The molecule has 0 aliphatic carbocycles. The standard InChI is InChI=1S/C18H10F6N2O2/c1-25-12-6-11-9-26(16(27)15(11)14(7-12)17(19,20)21)8-10-2-4-13(5-3-10)28-18(22,23)24/h2-7H,8-9H2. The Labute approximate surface area is 154 Å². The highest BCUT2D eigenvalue weighted by Gasteiger charge is 2.41. The summed E-state index contributed by atoms with van der Waals surface area (Å²) in [5.74, 6) is -1.30. The zero-order valence-electron chi connectivity index (χ0n) is 13.9. The third kappa shape index (κ3) is 4.03. The molecule has 0 unspecified atom stereocenters. The van der Waals surface area contributed by atoms with Crippen LogP contribution >= 0.6 is 0 Å². The van der Waals surface area contributed by atoms with E-state index in [1.165, 1.54) is 18.2 Å². The molecule has 0 saturated heterocycles. The van der Waals surface area contributed by atoms with Crippen LogP contribution in [-0.2, 0) is 19.3 Å². The van der Waals surface area contributed by atoms with Gasteiger partial charge in [0, 0.05) is 13.1 Å². The van der Waals surface area contributed by atoms with Crippen LogP contribution in [0.4, 0.5) is 32.0 Å². The largest absolute Gasteiger partial charge is 0.573 e. The SMILES string of the molecule is [C-]#[N+]c1cc2c(c(C(F)(F)F)c1)C(=O)N(Cc1ccc(OC(F)(F)F)cc1)C2. The zero-order chi connectivity index (χ0) is 20.7. The molecule has 2 aromatic rings. The lowest BCUT2D eigenvalue weighted by molar-refractivity contribution is -0.274. The Balaban J connectivity index is 1.84. The third-order valence-electron chi connectivity index (χ3n) is 4.03. The van der Waals surface area contributed by atoms with Crippen molar-refractivity contribution in [1.29, 1.82) is 0 Å². The number of benzene rings is 2. The van der Waals surface area contributed by atoms with Gasteiger partial charge in [-0.2, -0.15) is 13.2 Å². The topological polar surface area (TPSA) is 33.9 Å². The normalized spacial score (nSPS) is 14.0. The molecule has 4 nitrogen and oxygen atoms in total. The zero-order valence-corrected chi connectivity index (χ0v) is 13.9. The molecule has 2 aromatic carbocycles. The Bertz CT molecular complexity index is 958. The van der Waals surface area contributed by atoms with Gasteiger partial charge in [0.15, 0.2) is 5.69 Å². The van der Waals surface area contributed by atoms with Gasteiger partial charge in [-0.05, 0) is 29.3 Å². The number of ether oxygens (including phenoxy) is 1. The molecule has 0 saturated carbocycles. The van der Waals surface area contributed by atoms with Crippen LogP contribution < -0.4 is 4.74 Å². The number of hydrogen-bond donors (Lipinski definition) is 0. The molecule has 28 heavy (non-hydrogen) atoms. The summed E-state index contributed by atoms with van der Waals surface area (Å²) in [5, 5.41) is 0. The number of alkyl halides is 6. The monoisotopic (exact) mass is 400 g/mol. The molecular formula is C18H10F6N2O2. The van der Waals surface area contributed by atoms with Crippen LogP contribution in [-0.4, -0.2) is 17.2 Å². The van der Waals surface area contributed by atoms with E-state index in [9.17, 15) is 31.1 Å². The molecule has 0 bridgehead atoms. The van der Waals surface area contributed by atoms with E-state index >= 15 is 0 Å². The lowest BCUT2D eigenvalue weighted by atomic mass is 10.0. The minimum atomic E-state index is -4.84. The lowest BCUT2D eigenvalue weighted by Gasteiger charge is -2.17. The van der Waals surface area contributed by atoms with Crippen LogP contribution in [0.3, 0.4) is 0 Å². The predicted molar refractivity (Wildman–Crippen MR) is 84.4 cm³/mol. The van der Waals surface area contributed by atoms with Crippen molar-refractivity contribution in [2.24, 2.45) is 0 Å². The van der Waals surface area contributed by atoms with Crippen molar-refractivity contribution in [1.82, 2.24) is 4.90 Å². The first-order valence-corrected chi connectivity index (χ1v) is 7.73. The lowest BCUT2D eigenvalue weighted by Crippen LogP contribution is -2.24. The van der Waals surface area contributed by atoms with Gasteiger partial charge < -0.3 is 9.64 Å². The Hall–Kier alpha value is -3.22. The van der Waals surface area contributed by atoms with Gasteiger partial charge in [0.25, 0.3) is 5.91 Å². The predicted octanol–water partition coefficient (Wildman–Crippen LogP) is 5.31. The van der Waals surface area contributed by atoms with Crippen molar-refractivity contribution in [3.8, 4) is 5.75 Å². The van der Waals surface area contributed by atoms with Gasteiger partial charge in [-0.15, -0.1) is 13.2 Å². The van der Waals surface area contributed by atoms with Crippen LogP contribution in [0.1, 0.15) is 27.0 Å². The maximum atomic E-state index is 13.3. The molecular weight excluding hydrogens is 390 g/mol. The van der Waals surface area contributed by atoms with Gasteiger partial charge in [0.05, 0.1) is 17.7 Å². The maximum absolute atomic E-state index is 13.3. The number of fused-ring (bicyclic) bond motifs is 1. The molecule has 1 aliphatic heterocycles. The molecule has 0 N–H and O–H groups in total. The van der Waals surface area contributed by atoms with E-state index in [1.54, 1.807) is 0 Å². The number of nitrogens with zero attached hydrogens (tertiary/aromatic N) is 2. The molecule has 0 spiro atoms. The first kappa shape index (κ1) is 19.5. The molecule has 1 aliphatic rings. The fraction of sp³-hybridized carbons (Fsp3) is 0.222. The fourth-order valence-corrected chi connectivity index (χ4v) is 2.93. The highest BCUT2D eigenvalue weighted by molar-refractivity contribution is 6.00. The van der Waals surface area contributed by atoms with Crippen molar-refractivity contribution >= 4 is 11.6 Å². The van der Waals surface area contributed by atoms with Gasteiger partial charge in [0.1, 0.15) is 5.75 Å². The molecule has 10 heteroatoms. The third-order valence-corrected chi connectivity index (χ3v) is 4.03. The summed E-state index contributed by atoms with van der Waals surface area (Å²) in [6, 6.07) is 6.54. The second kappa shape index (κ2) is 6.74. The highest BCUT2D eigenvalue weighted by atomic mass is 19.4. The van der Waals surface area contributed by atoms with E-state index in [1.807, 2.05) is 0 Å². The minimum absolute atomic E-state index is 0.0860. The van der Waals surface area contributed by atoms with Crippen LogP contribution in [0.5, 0.6) is 5.75 Å². The summed E-state index contributed by atoms with van der Waals surface area (Å²) >= 11 is 0. The number of amides is 1. The quantitative estimate of drug-likeness (QED) is 0.517. The highest BCUT2D eigenvalue weighted by Crippen LogP contribution is 2.40. The molecule has 1 amide bonds. The van der Waals surface area contributed by atoms with Crippen molar-refractivity contribution in [2.45, 2.75) is 25.6 Å². The summed E-state index contributed by atoms with van der Waals surface area (Å²) < 4.78 is 80.1. The van der Waals surface area contributed by atoms with Crippen LogP contribution in [0.2, 0.25) is 0 Å². The first-order valence-electron chi connectivity index (χ1n) is 7.73. The van der Waals surface area contributed by atoms with Gasteiger partial charge >= 0.3 is 12.5 Å². The van der Waals surface area contributed by atoms with Crippen molar-refractivity contribution < 1.29 is 35.9 Å². The number of carbonyl (C=O) groups is 1. The van der Waals surface area contributed by atoms with Crippen LogP contribution in [0, 0.1) is 6.57 Å². The molecule has 0 aromatic heterocycles. The van der Waals surface area contributed by atoms with E-state index in [0.29, 0.717) is 11.6 Å². The molecule has 3 rings (SSSR count). The number of rotatable bonds is 3. The Morgan fingerprint density at radius 2 is 1.71 bits per heavy atom. The Kier molecular flexibility index (Phi) is 4.71. The average molecular weight is 400 g/mol. The number of carbonyl (C=O) groups excluding carboxylic acids is 1. The van der Waals surface area contributed by atoms with E-state index in [-0.39, 0.29) is 24.3 Å². The second-order valence-corrected chi connectivity index (χ2v) is 5.99. The molecule has 1 heterocycles. The molecule has 0 atom stereocenters. The summed E-state index contributed by atoms with van der Waals surface area (Å²) in [6.07, 6.45) is -9.64. The summed E-state index contributed by atoms with van der Waals surface area (Å²) in [5.41, 5.74) is -1.40. The maximum Gasteiger partial charge on any atom is 0.573 e. The average Bonchev–Trinajstić information content (AvgIpc) is 2.89. The smallest absolute Gasteiger partial charge is 0.406 e. The Morgan fingerprint density at radius 3 is 2.25 bits per heavy atom. The Morgan fingerprint density at radius 1 is 1.07 bits per heavy atom. The van der Waals surface area contributed by atoms with Crippen molar-refractivity contribution in [3.63, 3.8) is 0 Å². The number of hydrogen-bond acceptors (Lipinski definition) is 2. The fourth-order valence-electron chi connectivity index (χ4n) is 2.93. The van der Waals surface area contributed by atoms with Crippen LogP contribution in [0.15, 0.2) is 36.4 Å². The van der Waals surface area contributed by atoms with Gasteiger partial charge in [-0.25, -0.2) is 4.85 Å². The van der Waals surface area contributed by atoms with E-state index in [0.717, 1.165) is 17.0 Å². The number of halogens is 6. The van der Waals surface area contributed by atoms with Crippen LogP contribution in [0.25, 0.3) is 4.85 Å². The van der Waals surface area contributed by atoms with Crippen molar-refractivity contribution in [2.75, 3.05) is 0 Å². The molecule has 0 radical (unpaired) electrons. The van der Waals surface area contributed by atoms with Crippen molar-refractivity contribution in [3.05, 3.63) is 70.1 Å².